The molecule has 31 heavy (non-hydrogen) atoms. The number of rotatable bonds is 6. The van der Waals surface area contributed by atoms with Gasteiger partial charge in [-0.05, 0) is 48.6 Å². The Morgan fingerprint density at radius 3 is 2.81 bits per heavy atom. The van der Waals surface area contributed by atoms with E-state index in [1.54, 1.807) is 19.5 Å². The number of fused-ring (bicyclic) bond motifs is 1. The smallest absolute Gasteiger partial charge is 0.229 e. The topological polar surface area (TPSA) is 92.8 Å². The first-order valence-corrected chi connectivity index (χ1v) is 10.4. The van der Waals surface area contributed by atoms with E-state index in [2.05, 4.69) is 31.5 Å². The number of aromatic nitrogens is 4. The van der Waals surface area contributed by atoms with Gasteiger partial charge in [0.1, 0.15) is 0 Å². The Morgan fingerprint density at radius 1 is 1.10 bits per heavy atom. The number of nitrogens with one attached hydrogen (secondary N) is 2. The second-order valence-corrected chi connectivity index (χ2v) is 7.93. The number of pyridine rings is 2. The number of amides is 1. The van der Waals surface area contributed by atoms with Gasteiger partial charge in [0, 0.05) is 41.0 Å². The Kier molecular flexibility index (Phi) is 5.08. The van der Waals surface area contributed by atoms with Crippen LogP contribution in [0.15, 0.2) is 60.9 Å². The molecule has 4 aromatic rings. The molecule has 7 heteroatoms. The number of ether oxygens (including phenoxy) is 1. The third-order valence-electron chi connectivity index (χ3n) is 5.91. The van der Waals surface area contributed by atoms with Crippen LogP contribution in [0.25, 0.3) is 10.9 Å². The fraction of sp³-hybridized carbons (Fsp3) is 0.250. The number of aromatic amines is 1. The highest BCUT2D eigenvalue weighted by Crippen LogP contribution is 2.49. The summed E-state index contributed by atoms with van der Waals surface area (Å²) in [5, 5.41) is 11.3. The standard InChI is InChI=1S/C24H23N5O2/c1-31-24-19(5-3-9-26-24)17-12-18(13-17)21-14-22(29-28-21)27-23(30)11-15-6-7-20-16(10-15)4-2-8-25-20/h2-10,14,17-18H,11-13H2,1H3,(H2,27,28,29,30). The first-order chi connectivity index (χ1) is 15.2. The van der Waals surface area contributed by atoms with E-state index in [0.29, 0.717) is 30.0 Å². The zero-order valence-corrected chi connectivity index (χ0v) is 17.2. The van der Waals surface area contributed by atoms with Gasteiger partial charge in [0.05, 0.1) is 19.0 Å². The molecule has 0 spiro atoms. The zero-order chi connectivity index (χ0) is 21.2. The van der Waals surface area contributed by atoms with Gasteiger partial charge in [-0.15, -0.1) is 0 Å². The Labute approximate surface area is 179 Å². The summed E-state index contributed by atoms with van der Waals surface area (Å²) in [7, 11) is 1.65. The van der Waals surface area contributed by atoms with Crippen LogP contribution in [0.1, 0.15) is 41.5 Å². The molecule has 3 aromatic heterocycles. The van der Waals surface area contributed by atoms with Crippen molar-refractivity contribution in [3.63, 3.8) is 0 Å². The molecule has 1 aliphatic rings. The third kappa shape index (κ3) is 3.99. The van der Waals surface area contributed by atoms with Crippen LogP contribution in [0.2, 0.25) is 0 Å². The molecule has 0 bridgehead atoms. The number of hydrogen-bond donors (Lipinski definition) is 2. The molecule has 5 rings (SSSR count). The number of carbonyl (C=O) groups is 1. The quantitative estimate of drug-likeness (QED) is 0.494. The monoisotopic (exact) mass is 413 g/mol. The summed E-state index contributed by atoms with van der Waals surface area (Å²) >= 11 is 0. The summed E-state index contributed by atoms with van der Waals surface area (Å²) in [5.41, 5.74) is 4.07. The molecule has 0 aliphatic heterocycles. The summed E-state index contributed by atoms with van der Waals surface area (Å²) in [5.74, 6) is 1.99. The largest absolute Gasteiger partial charge is 0.481 e. The lowest BCUT2D eigenvalue weighted by Gasteiger charge is -2.35. The zero-order valence-electron chi connectivity index (χ0n) is 17.2. The van der Waals surface area contributed by atoms with Crippen molar-refractivity contribution in [3.05, 3.63) is 77.7 Å². The van der Waals surface area contributed by atoms with Crippen LogP contribution < -0.4 is 10.1 Å². The summed E-state index contributed by atoms with van der Waals surface area (Å²) in [6, 6.07) is 15.7. The highest BCUT2D eigenvalue weighted by atomic mass is 16.5. The van der Waals surface area contributed by atoms with E-state index >= 15 is 0 Å². The Morgan fingerprint density at radius 2 is 1.94 bits per heavy atom. The maximum Gasteiger partial charge on any atom is 0.229 e. The second kappa shape index (κ2) is 8.18. The van der Waals surface area contributed by atoms with Crippen molar-refractivity contribution in [2.75, 3.05) is 12.4 Å². The Hall–Kier alpha value is -3.74. The van der Waals surface area contributed by atoms with E-state index in [9.17, 15) is 4.79 Å². The molecule has 1 fully saturated rings. The van der Waals surface area contributed by atoms with Gasteiger partial charge in [-0.25, -0.2) is 4.98 Å². The number of methoxy groups -OCH3 is 1. The predicted molar refractivity (Wildman–Crippen MR) is 118 cm³/mol. The molecule has 1 aliphatic carbocycles. The molecule has 1 saturated carbocycles. The van der Waals surface area contributed by atoms with Crippen LogP contribution in [0, 0.1) is 0 Å². The molecule has 156 valence electrons. The van der Waals surface area contributed by atoms with Crippen molar-refractivity contribution in [1.29, 1.82) is 0 Å². The van der Waals surface area contributed by atoms with Gasteiger partial charge in [-0.2, -0.15) is 5.10 Å². The van der Waals surface area contributed by atoms with Crippen molar-refractivity contribution in [2.24, 2.45) is 0 Å². The van der Waals surface area contributed by atoms with E-state index in [1.165, 1.54) is 0 Å². The fourth-order valence-electron chi connectivity index (χ4n) is 4.23. The highest BCUT2D eigenvalue weighted by molar-refractivity contribution is 5.92. The lowest BCUT2D eigenvalue weighted by atomic mass is 9.70. The number of carbonyl (C=O) groups excluding carboxylic acids is 1. The summed E-state index contributed by atoms with van der Waals surface area (Å²) < 4.78 is 5.38. The Balaban J connectivity index is 1.19. The average Bonchev–Trinajstić information content (AvgIpc) is 3.20. The van der Waals surface area contributed by atoms with Crippen LogP contribution in [-0.4, -0.2) is 33.2 Å². The van der Waals surface area contributed by atoms with Gasteiger partial charge in [0.15, 0.2) is 5.82 Å². The number of hydrogen-bond acceptors (Lipinski definition) is 5. The van der Waals surface area contributed by atoms with Gasteiger partial charge in [-0.1, -0.05) is 18.2 Å². The van der Waals surface area contributed by atoms with Crippen LogP contribution in [0.3, 0.4) is 0 Å². The van der Waals surface area contributed by atoms with Crippen LogP contribution in [-0.2, 0) is 11.2 Å². The van der Waals surface area contributed by atoms with E-state index in [1.807, 2.05) is 42.5 Å². The van der Waals surface area contributed by atoms with Crippen LogP contribution in [0.5, 0.6) is 5.88 Å². The van der Waals surface area contributed by atoms with Gasteiger partial charge >= 0.3 is 0 Å². The van der Waals surface area contributed by atoms with Crippen molar-refractivity contribution in [2.45, 2.75) is 31.1 Å². The molecular formula is C24H23N5O2. The number of benzene rings is 1. The minimum Gasteiger partial charge on any atom is -0.481 e. The average molecular weight is 413 g/mol. The normalized spacial score (nSPS) is 17.8. The van der Waals surface area contributed by atoms with Crippen molar-refractivity contribution in [3.8, 4) is 5.88 Å². The van der Waals surface area contributed by atoms with E-state index in [4.69, 9.17) is 4.74 Å². The molecule has 0 atom stereocenters. The molecule has 2 N–H and O–H groups in total. The van der Waals surface area contributed by atoms with Crippen molar-refractivity contribution in [1.82, 2.24) is 20.2 Å². The molecule has 1 amide bonds. The van der Waals surface area contributed by atoms with Crippen molar-refractivity contribution < 1.29 is 9.53 Å². The van der Waals surface area contributed by atoms with Gasteiger partial charge in [0.25, 0.3) is 0 Å². The number of H-pyrrole nitrogens is 1. The molecule has 3 heterocycles. The maximum atomic E-state index is 12.5. The molecule has 0 saturated heterocycles. The first kappa shape index (κ1) is 19.2. The lowest BCUT2D eigenvalue weighted by Crippen LogP contribution is -2.21. The summed E-state index contributed by atoms with van der Waals surface area (Å²) in [6.07, 6.45) is 5.81. The predicted octanol–water partition coefficient (Wildman–Crippen LogP) is 4.20. The Bertz CT molecular complexity index is 1230. The van der Waals surface area contributed by atoms with Crippen LogP contribution in [0.4, 0.5) is 5.82 Å². The highest BCUT2D eigenvalue weighted by Gasteiger charge is 2.34. The minimum absolute atomic E-state index is 0.0899. The molecule has 1 aromatic carbocycles. The molecule has 0 radical (unpaired) electrons. The van der Waals surface area contributed by atoms with Gasteiger partial charge in [0.2, 0.25) is 11.8 Å². The third-order valence-corrected chi connectivity index (χ3v) is 5.91. The fourth-order valence-corrected chi connectivity index (χ4v) is 4.23. The maximum absolute atomic E-state index is 12.5. The van der Waals surface area contributed by atoms with E-state index < -0.39 is 0 Å². The van der Waals surface area contributed by atoms with E-state index in [0.717, 1.165) is 40.6 Å². The molecular weight excluding hydrogens is 390 g/mol. The minimum atomic E-state index is -0.0899. The summed E-state index contributed by atoms with van der Waals surface area (Å²) in [6.45, 7) is 0. The summed E-state index contributed by atoms with van der Waals surface area (Å²) in [4.78, 5) is 21.1. The number of nitrogens with zero attached hydrogens (tertiary/aromatic N) is 3. The van der Waals surface area contributed by atoms with Gasteiger partial charge in [-0.3, -0.25) is 14.9 Å². The number of anilines is 1. The van der Waals surface area contributed by atoms with E-state index in [-0.39, 0.29) is 5.91 Å². The van der Waals surface area contributed by atoms with Crippen LogP contribution >= 0.6 is 0 Å². The SMILES string of the molecule is COc1ncccc1C1CC(c2cc(NC(=O)Cc3ccc4ncccc4c3)n[nH]2)C1. The molecule has 7 nitrogen and oxygen atoms in total. The first-order valence-electron chi connectivity index (χ1n) is 10.4. The van der Waals surface area contributed by atoms with Gasteiger partial charge < -0.3 is 10.1 Å². The lowest BCUT2D eigenvalue weighted by molar-refractivity contribution is -0.115. The second-order valence-electron chi connectivity index (χ2n) is 7.93. The van der Waals surface area contributed by atoms with Crippen molar-refractivity contribution >= 4 is 22.6 Å². The molecule has 0 unspecified atom stereocenters.